The van der Waals surface area contributed by atoms with Gasteiger partial charge in [-0.25, -0.2) is 0 Å². The largest absolute Gasteiger partial charge is 0.325 e. The van der Waals surface area contributed by atoms with Crippen LogP contribution >= 0.6 is 11.8 Å². The Labute approximate surface area is 157 Å². The van der Waals surface area contributed by atoms with Gasteiger partial charge in [-0.15, -0.1) is 10.2 Å². The average molecular weight is 385 g/mol. The number of carbonyl (C=O) groups excluding carboxylic acids is 1. The fourth-order valence-electron chi connectivity index (χ4n) is 2.14. The molecule has 0 saturated carbocycles. The topological polar surface area (TPSA) is 111 Å². The van der Waals surface area contributed by atoms with Crippen LogP contribution in [0.15, 0.2) is 59.9 Å². The fraction of sp³-hybridized carbons (Fsp3) is 0.0588. The first kappa shape index (κ1) is 18.4. The molecule has 8 nitrogen and oxygen atoms in total. The van der Waals surface area contributed by atoms with Crippen molar-refractivity contribution in [2.45, 2.75) is 5.03 Å². The highest BCUT2D eigenvalue weighted by Crippen LogP contribution is 2.23. The maximum atomic E-state index is 13.3. The van der Waals surface area contributed by atoms with Gasteiger partial charge in [-0.05, 0) is 36.4 Å². The Morgan fingerprint density at radius 2 is 1.93 bits per heavy atom. The first-order valence-electron chi connectivity index (χ1n) is 7.63. The Bertz CT molecular complexity index is 970. The monoisotopic (exact) mass is 385 g/mol. The highest BCUT2D eigenvalue weighted by molar-refractivity contribution is 7.99. The number of rotatable bonds is 6. The van der Waals surface area contributed by atoms with Crippen LogP contribution in [0.1, 0.15) is 0 Å². The zero-order valence-corrected chi connectivity index (χ0v) is 14.5. The minimum Gasteiger partial charge on any atom is -0.325 e. The molecule has 0 aliphatic carbocycles. The zero-order chi connectivity index (χ0) is 19.2. The first-order chi connectivity index (χ1) is 13.0. The van der Waals surface area contributed by atoms with Crippen molar-refractivity contribution in [2.75, 3.05) is 11.1 Å². The average Bonchev–Trinajstić information content (AvgIpc) is 2.69. The molecule has 0 aliphatic heterocycles. The second-order valence-electron chi connectivity index (χ2n) is 5.25. The number of hydrogen-bond acceptors (Lipinski definition) is 7. The molecule has 0 atom stereocenters. The van der Waals surface area contributed by atoms with Crippen LogP contribution in [-0.4, -0.2) is 31.8 Å². The molecular weight excluding hydrogens is 373 g/mol. The molecule has 1 N–H and O–H groups in total. The van der Waals surface area contributed by atoms with Gasteiger partial charge in [0.15, 0.2) is 0 Å². The van der Waals surface area contributed by atoms with Crippen LogP contribution in [0.4, 0.5) is 15.8 Å². The third kappa shape index (κ3) is 4.82. The number of nitrogens with zero attached hydrogens (tertiary/aromatic N) is 4. The quantitative estimate of drug-likeness (QED) is 0.394. The second-order valence-corrected chi connectivity index (χ2v) is 6.25. The summed E-state index contributed by atoms with van der Waals surface area (Å²) in [6.45, 7) is 0. The number of nitro groups is 1. The van der Waals surface area contributed by atoms with Crippen molar-refractivity contribution in [3.05, 3.63) is 70.8 Å². The lowest BCUT2D eigenvalue weighted by Gasteiger charge is -2.05. The molecule has 2 aromatic heterocycles. The Morgan fingerprint density at radius 3 is 2.59 bits per heavy atom. The summed E-state index contributed by atoms with van der Waals surface area (Å²) in [6, 6.07) is 10.3. The lowest BCUT2D eigenvalue weighted by molar-refractivity contribution is -0.387. The summed E-state index contributed by atoms with van der Waals surface area (Å²) >= 11 is 1.16. The molecule has 1 amide bonds. The molecule has 136 valence electrons. The van der Waals surface area contributed by atoms with Gasteiger partial charge in [0.2, 0.25) is 11.7 Å². The summed E-state index contributed by atoms with van der Waals surface area (Å²) in [5.74, 6) is -1.34. The van der Waals surface area contributed by atoms with Crippen LogP contribution in [0.5, 0.6) is 0 Å². The van der Waals surface area contributed by atoms with E-state index in [0.29, 0.717) is 10.7 Å². The summed E-state index contributed by atoms with van der Waals surface area (Å²) in [6.07, 6.45) is 3.31. The molecule has 2 heterocycles. The third-order valence-electron chi connectivity index (χ3n) is 3.39. The minimum atomic E-state index is -0.961. The first-order valence-corrected chi connectivity index (χ1v) is 8.62. The lowest BCUT2D eigenvalue weighted by atomic mass is 10.2. The maximum absolute atomic E-state index is 13.3. The normalized spacial score (nSPS) is 10.4. The van der Waals surface area contributed by atoms with E-state index in [1.807, 2.05) is 12.1 Å². The van der Waals surface area contributed by atoms with Crippen molar-refractivity contribution in [3.8, 4) is 11.3 Å². The number of nitro benzene ring substituents is 1. The molecule has 3 rings (SSSR count). The van der Waals surface area contributed by atoms with E-state index in [9.17, 15) is 19.3 Å². The Kier molecular flexibility index (Phi) is 5.67. The van der Waals surface area contributed by atoms with Gasteiger partial charge in [-0.1, -0.05) is 11.8 Å². The van der Waals surface area contributed by atoms with Crippen molar-refractivity contribution in [3.63, 3.8) is 0 Å². The molecule has 0 saturated heterocycles. The SMILES string of the molecule is O=C(CSc1ccc(-c2ccncc2)nn1)Nc1ccc(F)c([N+](=O)[O-])c1. The second kappa shape index (κ2) is 8.32. The Hall–Kier alpha value is -3.40. The highest BCUT2D eigenvalue weighted by atomic mass is 32.2. The summed E-state index contributed by atoms with van der Waals surface area (Å²) in [5, 5.41) is 21.9. The van der Waals surface area contributed by atoms with Crippen molar-refractivity contribution >= 4 is 29.0 Å². The van der Waals surface area contributed by atoms with Crippen LogP contribution < -0.4 is 5.32 Å². The van der Waals surface area contributed by atoms with Crippen molar-refractivity contribution in [2.24, 2.45) is 0 Å². The molecule has 0 fully saturated rings. The van der Waals surface area contributed by atoms with Crippen LogP contribution in [0.25, 0.3) is 11.3 Å². The van der Waals surface area contributed by atoms with Gasteiger partial charge in [0, 0.05) is 29.7 Å². The van der Waals surface area contributed by atoms with Gasteiger partial charge < -0.3 is 5.32 Å². The predicted molar refractivity (Wildman–Crippen MR) is 97.7 cm³/mol. The molecule has 3 aromatic rings. The maximum Gasteiger partial charge on any atom is 0.306 e. The van der Waals surface area contributed by atoms with Gasteiger partial charge in [0.1, 0.15) is 5.03 Å². The third-order valence-corrected chi connectivity index (χ3v) is 4.31. The van der Waals surface area contributed by atoms with Gasteiger partial charge in [-0.3, -0.25) is 19.9 Å². The molecule has 0 spiro atoms. The van der Waals surface area contributed by atoms with Crippen LogP contribution in [0.3, 0.4) is 0 Å². The Balaban J connectivity index is 1.58. The summed E-state index contributed by atoms with van der Waals surface area (Å²) in [7, 11) is 0. The van der Waals surface area contributed by atoms with Crippen molar-refractivity contribution in [1.29, 1.82) is 0 Å². The molecule has 0 bridgehead atoms. The fourth-order valence-corrected chi connectivity index (χ4v) is 2.75. The van der Waals surface area contributed by atoms with E-state index in [4.69, 9.17) is 0 Å². The number of nitrogens with one attached hydrogen (secondary N) is 1. The van der Waals surface area contributed by atoms with Gasteiger partial charge in [0.25, 0.3) is 0 Å². The van der Waals surface area contributed by atoms with Crippen LogP contribution in [-0.2, 0) is 4.79 Å². The standard InChI is InChI=1S/C17H12FN5O3S/c18-13-2-1-12(9-15(13)23(25)26)20-16(24)10-27-17-4-3-14(21-22-17)11-5-7-19-8-6-11/h1-9H,10H2,(H,20,24). The molecule has 0 aliphatic rings. The van der Waals surface area contributed by atoms with Gasteiger partial charge in [-0.2, -0.15) is 4.39 Å². The number of aromatic nitrogens is 3. The number of hydrogen-bond donors (Lipinski definition) is 1. The minimum absolute atomic E-state index is 0.0223. The molecule has 0 unspecified atom stereocenters. The molecular formula is C17H12FN5O3S. The summed E-state index contributed by atoms with van der Waals surface area (Å²) in [4.78, 5) is 25.8. The van der Waals surface area contributed by atoms with Crippen molar-refractivity contribution < 1.29 is 14.1 Å². The van der Waals surface area contributed by atoms with Crippen molar-refractivity contribution in [1.82, 2.24) is 15.2 Å². The number of anilines is 1. The lowest BCUT2D eigenvalue weighted by Crippen LogP contribution is -2.14. The van der Waals surface area contributed by atoms with E-state index in [0.717, 1.165) is 29.5 Å². The highest BCUT2D eigenvalue weighted by Gasteiger charge is 2.15. The summed E-state index contributed by atoms with van der Waals surface area (Å²) < 4.78 is 13.3. The summed E-state index contributed by atoms with van der Waals surface area (Å²) in [5.41, 5.74) is 1.01. The molecule has 1 aromatic carbocycles. The van der Waals surface area contributed by atoms with Crippen LogP contribution in [0.2, 0.25) is 0 Å². The van der Waals surface area contributed by atoms with E-state index in [1.54, 1.807) is 24.5 Å². The number of benzene rings is 1. The zero-order valence-electron chi connectivity index (χ0n) is 13.7. The van der Waals surface area contributed by atoms with E-state index in [2.05, 4.69) is 20.5 Å². The molecule has 10 heteroatoms. The van der Waals surface area contributed by atoms with E-state index < -0.39 is 22.3 Å². The number of carbonyl (C=O) groups is 1. The number of halogens is 1. The van der Waals surface area contributed by atoms with Crippen LogP contribution in [0, 0.1) is 15.9 Å². The van der Waals surface area contributed by atoms with E-state index in [1.165, 1.54) is 6.07 Å². The van der Waals surface area contributed by atoms with Gasteiger partial charge in [0.05, 0.1) is 16.4 Å². The predicted octanol–water partition coefficient (Wildman–Crippen LogP) is 3.32. The smallest absolute Gasteiger partial charge is 0.306 e. The molecule has 0 radical (unpaired) electrons. The van der Waals surface area contributed by atoms with E-state index in [-0.39, 0.29) is 11.4 Å². The van der Waals surface area contributed by atoms with E-state index >= 15 is 0 Å². The number of pyridine rings is 1. The van der Waals surface area contributed by atoms with Gasteiger partial charge >= 0.3 is 5.69 Å². The molecule has 27 heavy (non-hydrogen) atoms. The number of thioether (sulfide) groups is 1. The Morgan fingerprint density at radius 1 is 1.15 bits per heavy atom. The number of amides is 1.